The summed E-state index contributed by atoms with van der Waals surface area (Å²) < 4.78 is 26.1. The van der Waals surface area contributed by atoms with Gasteiger partial charge in [-0.05, 0) is 43.7 Å². The maximum Gasteiger partial charge on any atom is 0.240 e. The van der Waals surface area contributed by atoms with E-state index in [-0.39, 0.29) is 4.90 Å². The van der Waals surface area contributed by atoms with Crippen LogP contribution in [0.4, 0.5) is 0 Å². The minimum atomic E-state index is -3.49. The summed E-state index contributed by atoms with van der Waals surface area (Å²) >= 11 is 0. The molecule has 0 saturated heterocycles. The van der Waals surface area contributed by atoms with E-state index in [9.17, 15) is 8.42 Å². The van der Waals surface area contributed by atoms with Gasteiger partial charge in [-0.3, -0.25) is 0 Å². The number of nitriles is 1. The van der Waals surface area contributed by atoms with Crippen LogP contribution >= 0.6 is 0 Å². The lowest BCUT2D eigenvalue weighted by atomic mass is 10.1. The van der Waals surface area contributed by atoms with Gasteiger partial charge in [0, 0.05) is 6.54 Å². The molecule has 0 aromatic heterocycles. The van der Waals surface area contributed by atoms with Gasteiger partial charge in [0.25, 0.3) is 0 Å². The molecule has 1 aromatic carbocycles. The van der Waals surface area contributed by atoms with E-state index in [4.69, 9.17) is 11.0 Å². The third-order valence-electron chi connectivity index (χ3n) is 2.30. The fraction of sp³-hybridized carbons (Fsp3) is 0.364. The number of nitrogens with two attached hydrogens (primary N) is 1. The normalized spacial score (nSPS) is 11.1. The van der Waals surface area contributed by atoms with Gasteiger partial charge in [0.05, 0.1) is 16.5 Å². The highest BCUT2D eigenvalue weighted by atomic mass is 32.2. The van der Waals surface area contributed by atoms with Crippen LogP contribution < -0.4 is 10.5 Å². The van der Waals surface area contributed by atoms with Crippen LogP contribution in [-0.2, 0) is 10.0 Å². The molecule has 0 aliphatic carbocycles. The Bertz CT molecular complexity index is 532. The molecule has 5 nitrogen and oxygen atoms in total. The number of aryl methyl sites for hydroxylation is 1. The molecule has 0 heterocycles. The van der Waals surface area contributed by atoms with Crippen LogP contribution in [0.15, 0.2) is 23.1 Å². The Labute approximate surface area is 101 Å². The van der Waals surface area contributed by atoms with Crippen molar-refractivity contribution in [3.63, 3.8) is 0 Å². The lowest BCUT2D eigenvalue weighted by Crippen LogP contribution is -2.26. The van der Waals surface area contributed by atoms with Crippen molar-refractivity contribution in [2.24, 2.45) is 5.73 Å². The lowest BCUT2D eigenvalue weighted by molar-refractivity contribution is 0.579. The van der Waals surface area contributed by atoms with E-state index in [1.165, 1.54) is 18.2 Å². The van der Waals surface area contributed by atoms with E-state index < -0.39 is 10.0 Å². The van der Waals surface area contributed by atoms with Crippen molar-refractivity contribution < 1.29 is 8.42 Å². The molecule has 1 aromatic rings. The van der Waals surface area contributed by atoms with Gasteiger partial charge in [-0.25, -0.2) is 13.1 Å². The molecule has 0 fully saturated rings. The Morgan fingerprint density at radius 2 is 2.18 bits per heavy atom. The van der Waals surface area contributed by atoms with Gasteiger partial charge in [0.15, 0.2) is 0 Å². The molecule has 0 amide bonds. The molecule has 0 spiro atoms. The summed E-state index contributed by atoms with van der Waals surface area (Å²) in [6.45, 7) is 2.46. The maximum atomic E-state index is 11.8. The number of nitrogens with zero attached hydrogens (tertiary/aromatic N) is 1. The third-order valence-corrected chi connectivity index (χ3v) is 3.76. The average molecular weight is 253 g/mol. The first-order valence-electron chi connectivity index (χ1n) is 5.22. The Hall–Kier alpha value is -1.42. The van der Waals surface area contributed by atoms with Gasteiger partial charge in [0.1, 0.15) is 0 Å². The SMILES string of the molecule is Cc1cc(S(=O)(=O)NCCCN)ccc1C#N. The summed E-state index contributed by atoms with van der Waals surface area (Å²) in [6.07, 6.45) is 0.592. The van der Waals surface area contributed by atoms with Crippen molar-refractivity contribution in [1.29, 1.82) is 5.26 Å². The standard InChI is InChI=1S/C11H15N3O2S/c1-9-7-11(4-3-10(9)8-13)17(15,16)14-6-2-5-12/h3-4,7,14H,2,5-6,12H2,1H3. The highest BCUT2D eigenvalue weighted by molar-refractivity contribution is 7.89. The molecular formula is C11H15N3O2S. The number of benzene rings is 1. The third kappa shape index (κ3) is 3.53. The second-order valence-electron chi connectivity index (χ2n) is 3.63. The molecule has 0 unspecified atom stereocenters. The van der Waals surface area contributed by atoms with E-state index in [2.05, 4.69) is 4.72 Å². The van der Waals surface area contributed by atoms with E-state index in [0.29, 0.717) is 30.6 Å². The molecule has 0 radical (unpaired) electrons. The fourth-order valence-electron chi connectivity index (χ4n) is 1.32. The zero-order chi connectivity index (χ0) is 12.9. The van der Waals surface area contributed by atoms with Gasteiger partial charge < -0.3 is 5.73 Å². The number of hydrogen-bond donors (Lipinski definition) is 2. The second-order valence-corrected chi connectivity index (χ2v) is 5.40. The van der Waals surface area contributed by atoms with Crippen molar-refractivity contribution in [3.8, 4) is 6.07 Å². The van der Waals surface area contributed by atoms with Gasteiger partial charge >= 0.3 is 0 Å². The van der Waals surface area contributed by atoms with Crippen LogP contribution in [0.2, 0.25) is 0 Å². The van der Waals surface area contributed by atoms with Gasteiger partial charge in [-0.1, -0.05) is 0 Å². The van der Waals surface area contributed by atoms with Crippen molar-refractivity contribution in [3.05, 3.63) is 29.3 Å². The lowest BCUT2D eigenvalue weighted by Gasteiger charge is -2.07. The van der Waals surface area contributed by atoms with Crippen LogP contribution in [0.25, 0.3) is 0 Å². The predicted octanol–water partition coefficient (Wildman–Crippen LogP) is 0.494. The summed E-state index contributed by atoms with van der Waals surface area (Å²) in [5, 5.41) is 8.76. The number of rotatable bonds is 5. The van der Waals surface area contributed by atoms with E-state index >= 15 is 0 Å². The molecule has 0 aliphatic rings. The Morgan fingerprint density at radius 3 is 2.71 bits per heavy atom. The molecule has 0 atom stereocenters. The van der Waals surface area contributed by atoms with Crippen molar-refractivity contribution >= 4 is 10.0 Å². The van der Waals surface area contributed by atoms with Crippen LogP contribution in [0, 0.1) is 18.3 Å². The number of hydrogen-bond acceptors (Lipinski definition) is 4. The van der Waals surface area contributed by atoms with Crippen LogP contribution in [0.1, 0.15) is 17.5 Å². The van der Waals surface area contributed by atoms with Crippen LogP contribution in [-0.4, -0.2) is 21.5 Å². The molecule has 0 saturated carbocycles. The summed E-state index contributed by atoms with van der Waals surface area (Å²) in [5.74, 6) is 0. The fourth-order valence-corrected chi connectivity index (χ4v) is 2.48. The van der Waals surface area contributed by atoms with Gasteiger partial charge in [0.2, 0.25) is 10.0 Å². The van der Waals surface area contributed by atoms with Crippen molar-refractivity contribution in [1.82, 2.24) is 4.72 Å². The maximum absolute atomic E-state index is 11.8. The summed E-state index contributed by atoms with van der Waals surface area (Å²) in [4.78, 5) is 0.172. The molecular weight excluding hydrogens is 238 g/mol. The highest BCUT2D eigenvalue weighted by Crippen LogP contribution is 2.14. The summed E-state index contributed by atoms with van der Waals surface area (Å²) in [5.41, 5.74) is 6.41. The molecule has 6 heteroatoms. The zero-order valence-corrected chi connectivity index (χ0v) is 10.4. The predicted molar refractivity (Wildman–Crippen MR) is 64.8 cm³/mol. The minimum Gasteiger partial charge on any atom is -0.330 e. The summed E-state index contributed by atoms with van der Waals surface area (Å²) in [6, 6.07) is 6.42. The second kappa shape index (κ2) is 5.77. The Balaban J connectivity index is 2.93. The van der Waals surface area contributed by atoms with Crippen molar-refractivity contribution in [2.45, 2.75) is 18.2 Å². The molecule has 17 heavy (non-hydrogen) atoms. The first-order valence-corrected chi connectivity index (χ1v) is 6.70. The number of sulfonamides is 1. The first kappa shape index (κ1) is 13.6. The van der Waals surface area contributed by atoms with Gasteiger partial charge in [-0.15, -0.1) is 0 Å². The number of nitrogens with one attached hydrogen (secondary N) is 1. The summed E-state index contributed by atoms with van der Waals surface area (Å²) in [7, 11) is -3.49. The minimum absolute atomic E-state index is 0.172. The van der Waals surface area contributed by atoms with E-state index in [1.54, 1.807) is 6.92 Å². The largest absolute Gasteiger partial charge is 0.330 e. The van der Waals surface area contributed by atoms with Crippen LogP contribution in [0.3, 0.4) is 0 Å². The highest BCUT2D eigenvalue weighted by Gasteiger charge is 2.14. The Morgan fingerprint density at radius 1 is 1.47 bits per heavy atom. The molecule has 92 valence electrons. The molecule has 1 rings (SSSR count). The molecule has 0 aliphatic heterocycles. The molecule has 3 N–H and O–H groups in total. The topological polar surface area (TPSA) is 96.0 Å². The molecule has 0 bridgehead atoms. The zero-order valence-electron chi connectivity index (χ0n) is 9.60. The van der Waals surface area contributed by atoms with Gasteiger partial charge in [-0.2, -0.15) is 5.26 Å². The average Bonchev–Trinajstić information content (AvgIpc) is 2.29. The smallest absolute Gasteiger partial charge is 0.240 e. The first-order chi connectivity index (χ1) is 8.01. The quantitative estimate of drug-likeness (QED) is 0.746. The van der Waals surface area contributed by atoms with E-state index in [1.807, 2.05) is 6.07 Å². The van der Waals surface area contributed by atoms with Crippen molar-refractivity contribution in [2.75, 3.05) is 13.1 Å². The van der Waals surface area contributed by atoms with E-state index in [0.717, 1.165) is 0 Å². The Kier molecular flexibility index (Phi) is 4.63. The van der Waals surface area contributed by atoms with Crippen LogP contribution in [0.5, 0.6) is 0 Å². The monoisotopic (exact) mass is 253 g/mol.